The number of carbonyl (C=O) groups is 1. The van der Waals surface area contributed by atoms with E-state index in [1.807, 2.05) is 18.2 Å². The van der Waals surface area contributed by atoms with Crippen molar-refractivity contribution in [3.8, 4) is 5.75 Å². The van der Waals surface area contributed by atoms with Crippen molar-refractivity contribution in [1.82, 2.24) is 4.98 Å². The van der Waals surface area contributed by atoms with Crippen molar-refractivity contribution in [3.05, 3.63) is 106 Å². The molecule has 0 saturated carbocycles. The molecule has 0 amide bonds. The maximum absolute atomic E-state index is 12.9. The van der Waals surface area contributed by atoms with Crippen LogP contribution in [0.15, 0.2) is 78.9 Å². The second kappa shape index (κ2) is 11.5. The van der Waals surface area contributed by atoms with Crippen molar-refractivity contribution < 1.29 is 32.5 Å². The van der Waals surface area contributed by atoms with Crippen LogP contribution < -0.4 is 4.74 Å². The number of benzene rings is 3. The third kappa shape index (κ3) is 7.31. The Labute approximate surface area is 215 Å². The highest BCUT2D eigenvalue weighted by Crippen LogP contribution is 2.27. The minimum Gasteiger partial charge on any atom is -0.490 e. The van der Waals surface area contributed by atoms with E-state index in [0.29, 0.717) is 21.8 Å². The minimum absolute atomic E-state index is 0.0362. The number of alkyl halides is 3. The average molecular weight is 528 g/mol. The van der Waals surface area contributed by atoms with Gasteiger partial charge < -0.3 is 14.6 Å². The molecule has 0 aliphatic heterocycles. The fraction of sp³-hybridized carbons (Fsp3) is 0.143. The van der Waals surface area contributed by atoms with Gasteiger partial charge in [0, 0.05) is 10.4 Å². The SMILES string of the molecule is O=C(O)c1ccccc1OCC(OCC(F)(F)F)c1cccc(/C=C/c2ccc3ccc(Cl)cc3n2)c1. The molecule has 0 radical (unpaired) electrons. The lowest BCUT2D eigenvalue weighted by Crippen LogP contribution is -2.23. The van der Waals surface area contributed by atoms with Crippen LogP contribution in [0.25, 0.3) is 23.1 Å². The van der Waals surface area contributed by atoms with Crippen molar-refractivity contribution in [3.63, 3.8) is 0 Å². The highest BCUT2D eigenvalue weighted by molar-refractivity contribution is 6.31. The molecule has 5 nitrogen and oxygen atoms in total. The van der Waals surface area contributed by atoms with Crippen LogP contribution in [0.5, 0.6) is 5.75 Å². The van der Waals surface area contributed by atoms with Crippen LogP contribution in [-0.4, -0.2) is 35.4 Å². The molecule has 1 heterocycles. The third-order valence-electron chi connectivity index (χ3n) is 5.36. The van der Waals surface area contributed by atoms with E-state index in [4.69, 9.17) is 21.1 Å². The molecule has 0 spiro atoms. The lowest BCUT2D eigenvalue weighted by molar-refractivity contribution is -0.188. The second-order valence-corrected chi connectivity index (χ2v) is 8.54. The van der Waals surface area contributed by atoms with Gasteiger partial charge in [-0.1, -0.05) is 60.1 Å². The quantitative estimate of drug-likeness (QED) is 0.245. The fourth-order valence-corrected chi connectivity index (χ4v) is 3.78. The molecule has 0 aliphatic carbocycles. The number of aromatic carboxylic acids is 1. The van der Waals surface area contributed by atoms with Crippen LogP contribution >= 0.6 is 11.6 Å². The number of pyridine rings is 1. The number of hydrogen-bond acceptors (Lipinski definition) is 4. The summed E-state index contributed by atoms with van der Waals surface area (Å²) in [6.45, 7) is -1.80. The molecule has 0 aliphatic rings. The molecule has 1 unspecified atom stereocenters. The monoisotopic (exact) mass is 527 g/mol. The summed E-state index contributed by atoms with van der Waals surface area (Å²) in [4.78, 5) is 16.0. The molecule has 1 N–H and O–H groups in total. The smallest absolute Gasteiger partial charge is 0.411 e. The topological polar surface area (TPSA) is 68.7 Å². The summed E-state index contributed by atoms with van der Waals surface area (Å²) < 4.78 is 49.5. The normalized spacial score (nSPS) is 12.6. The first-order chi connectivity index (χ1) is 17.7. The molecule has 4 rings (SSSR count). The van der Waals surface area contributed by atoms with Crippen LogP contribution in [0.3, 0.4) is 0 Å². The molecule has 1 atom stereocenters. The van der Waals surface area contributed by atoms with E-state index in [-0.39, 0.29) is 17.9 Å². The molecule has 190 valence electrons. The maximum atomic E-state index is 12.9. The van der Waals surface area contributed by atoms with E-state index in [9.17, 15) is 23.1 Å². The van der Waals surface area contributed by atoms with E-state index < -0.39 is 24.9 Å². The van der Waals surface area contributed by atoms with Crippen molar-refractivity contribution in [2.24, 2.45) is 0 Å². The van der Waals surface area contributed by atoms with Gasteiger partial charge in [0.2, 0.25) is 0 Å². The van der Waals surface area contributed by atoms with E-state index >= 15 is 0 Å². The fourth-order valence-electron chi connectivity index (χ4n) is 3.61. The number of rotatable bonds is 9. The highest BCUT2D eigenvalue weighted by Gasteiger charge is 2.30. The lowest BCUT2D eigenvalue weighted by Gasteiger charge is -2.21. The molecule has 3 aromatic carbocycles. The molecule has 37 heavy (non-hydrogen) atoms. The van der Waals surface area contributed by atoms with Crippen LogP contribution in [0.1, 0.15) is 33.3 Å². The zero-order chi connectivity index (χ0) is 26.4. The Hall–Kier alpha value is -3.88. The first-order valence-electron chi connectivity index (χ1n) is 11.2. The molecule has 9 heteroatoms. The highest BCUT2D eigenvalue weighted by atomic mass is 35.5. The Morgan fingerprint density at radius 2 is 1.78 bits per heavy atom. The van der Waals surface area contributed by atoms with Crippen LogP contribution in [0.4, 0.5) is 13.2 Å². The van der Waals surface area contributed by atoms with Crippen molar-refractivity contribution in [2.75, 3.05) is 13.2 Å². The number of nitrogens with zero attached hydrogens (tertiary/aromatic N) is 1. The van der Waals surface area contributed by atoms with E-state index in [2.05, 4.69) is 4.98 Å². The Balaban J connectivity index is 1.56. The van der Waals surface area contributed by atoms with Gasteiger partial charge in [-0.05, 0) is 53.6 Å². The predicted molar refractivity (Wildman–Crippen MR) is 136 cm³/mol. The minimum atomic E-state index is -4.54. The zero-order valence-electron chi connectivity index (χ0n) is 19.3. The van der Waals surface area contributed by atoms with Gasteiger partial charge in [-0.2, -0.15) is 13.2 Å². The van der Waals surface area contributed by atoms with Crippen LogP contribution in [0.2, 0.25) is 5.02 Å². The maximum Gasteiger partial charge on any atom is 0.411 e. The first-order valence-corrected chi connectivity index (χ1v) is 11.5. The summed E-state index contributed by atoms with van der Waals surface area (Å²) in [6, 6.07) is 21.9. The Kier molecular flexibility index (Phi) is 8.11. The predicted octanol–water partition coefficient (Wildman–Crippen LogP) is 7.46. The summed E-state index contributed by atoms with van der Waals surface area (Å²) in [5.41, 5.74) is 2.47. The number of aromatic nitrogens is 1. The third-order valence-corrected chi connectivity index (χ3v) is 5.60. The second-order valence-electron chi connectivity index (χ2n) is 8.10. The lowest BCUT2D eigenvalue weighted by atomic mass is 10.1. The molecular formula is C28H21ClF3NO4. The average Bonchev–Trinajstić information content (AvgIpc) is 2.87. The van der Waals surface area contributed by atoms with Crippen molar-refractivity contribution in [2.45, 2.75) is 12.3 Å². The summed E-state index contributed by atoms with van der Waals surface area (Å²) in [7, 11) is 0. The first kappa shape index (κ1) is 26.2. The summed E-state index contributed by atoms with van der Waals surface area (Å²) in [5.74, 6) is -1.17. The van der Waals surface area contributed by atoms with E-state index in [0.717, 1.165) is 10.9 Å². The van der Waals surface area contributed by atoms with Gasteiger partial charge in [-0.15, -0.1) is 0 Å². The molecule has 4 aromatic rings. The number of carboxylic acids is 1. The van der Waals surface area contributed by atoms with Gasteiger partial charge in [0.05, 0.1) is 11.2 Å². The molecule has 0 bridgehead atoms. The van der Waals surface area contributed by atoms with Crippen molar-refractivity contribution in [1.29, 1.82) is 0 Å². The summed E-state index contributed by atoms with van der Waals surface area (Å²) >= 11 is 6.05. The van der Waals surface area contributed by atoms with Gasteiger partial charge in [0.15, 0.2) is 0 Å². The van der Waals surface area contributed by atoms with Crippen molar-refractivity contribution >= 4 is 40.6 Å². The number of ether oxygens (including phenoxy) is 2. The van der Waals surface area contributed by atoms with Crippen LogP contribution in [-0.2, 0) is 4.74 Å². The van der Waals surface area contributed by atoms with Gasteiger partial charge in [-0.25, -0.2) is 9.78 Å². The number of fused-ring (bicyclic) bond motifs is 1. The van der Waals surface area contributed by atoms with E-state index in [1.54, 1.807) is 54.6 Å². The zero-order valence-corrected chi connectivity index (χ0v) is 20.0. The van der Waals surface area contributed by atoms with Gasteiger partial charge in [0.25, 0.3) is 0 Å². The van der Waals surface area contributed by atoms with E-state index in [1.165, 1.54) is 18.2 Å². The molecule has 0 fully saturated rings. The number of para-hydroxylation sites is 1. The van der Waals surface area contributed by atoms with Gasteiger partial charge in [0.1, 0.15) is 30.6 Å². The Morgan fingerprint density at radius 3 is 2.57 bits per heavy atom. The van der Waals surface area contributed by atoms with Gasteiger partial charge in [-0.3, -0.25) is 0 Å². The largest absolute Gasteiger partial charge is 0.490 e. The number of carboxylic acid groups (broad SMARTS) is 1. The molecule has 0 saturated heterocycles. The Bertz CT molecular complexity index is 1440. The molecule has 1 aromatic heterocycles. The summed E-state index contributed by atoms with van der Waals surface area (Å²) in [5, 5.41) is 10.9. The molecular weight excluding hydrogens is 507 g/mol. The number of halogens is 4. The van der Waals surface area contributed by atoms with Gasteiger partial charge >= 0.3 is 12.1 Å². The standard InChI is InChI=1S/C28H21ClF3NO4/c29-21-11-9-19-10-13-22(33-24(19)15-21)12-8-18-4-3-5-20(14-18)26(37-17-28(30,31)32)16-36-25-7-2-1-6-23(25)27(34)35/h1-15,26H,16-17H2,(H,34,35)/b12-8+. The van der Waals surface area contributed by atoms with Crippen LogP contribution in [0, 0.1) is 0 Å². The number of hydrogen-bond donors (Lipinski definition) is 1. The summed E-state index contributed by atoms with van der Waals surface area (Å²) in [6.07, 6.45) is -2.08. The Morgan fingerprint density at radius 1 is 1.00 bits per heavy atom.